The highest BCUT2D eigenvalue weighted by molar-refractivity contribution is 5.79. The van der Waals surface area contributed by atoms with E-state index in [2.05, 4.69) is 15.6 Å². The summed E-state index contributed by atoms with van der Waals surface area (Å²) in [4.78, 5) is 5.61. The molecule has 2 aliphatic rings. The van der Waals surface area contributed by atoms with E-state index in [1.807, 2.05) is 0 Å². The van der Waals surface area contributed by atoms with Crippen LogP contribution in [0.15, 0.2) is 4.99 Å². The van der Waals surface area contributed by atoms with Crippen LogP contribution < -0.4 is 10.6 Å². The Morgan fingerprint density at radius 3 is 2.35 bits per heavy atom. The molecule has 0 spiro atoms. The molecule has 4 nitrogen and oxygen atoms in total. The molecule has 2 N–H and O–H groups in total. The monoisotopic (exact) mass is 292 g/mol. The Morgan fingerprint density at radius 2 is 1.80 bits per heavy atom. The average Bonchev–Trinajstić information content (AvgIpc) is 3.09. The van der Waals surface area contributed by atoms with Gasteiger partial charge < -0.3 is 10.6 Å². The van der Waals surface area contributed by atoms with Gasteiger partial charge in [-0.15, -0.1) is 0 Å². The minimum atomic E-state index is -4.09. The molecule has 7 heteroatoms. The Labute approximate surface area is 117 Å². The second-order valence-corrected chi connectivity index (χ2v) is 5.78. The molecule has 0 aromatic carbocycles. The molecule has 2 fully saturated rings. The number of nitrogens with zero attached hydrogens (tertiary/aromatic N) is 2. The number of rotatable bonds is 5. The summed E-state index contributed by atoms with van der Waals surface area (Å²) in [6, 6.07) is 0. The molecule has 2 rings (SSSR count). The van der Waals surface area contributed by atoms with Gasteiger partial charge in [-0.3, -0.25) is 9.89 Å². The molecule has 1 heterocycles. The smallest absolute Gasteiger partial charge is 0.356 e. The predicted molar refractivity (Wildman–Crippen MR) is 72.7 cm³/mol. The highest BCUT2D eigenvalue weighted by atomic mass is 19.4. The van der Waals surface area contributed by atoms with Crippen LogP contribution in [0, 0.1) is 11.8 Å². The number of likely N-dealkylation sites (tertiary alicyclic amines) is 1. The lowest BCUT2D eigenvalue weighted by atomic mass is 10.1. The van der Waals surface area contributed by atoms with Gasteiger partial charge in [0.15, 0.2) is 5.96 Å². The molecular formula is C13H23F3N4. The Morgan fingerprint density at radius 1 is 1.15 bits per heavy atom. The first-order valence-electron chi connectivity index (χ1n) is 7.20. The summed E-state index contributed by atoms with van der Waals surface area (Å²) < 4.78 is 36.9. The molecule has 1 aliphatic carbocycles. The summed E-state index contributed by atoms with van der Waals surface area (Å²) >= 11 is 0. The van der Waals surface area contributed by atoms with Crippen LogP contribution in [-0.2, 0) is 0 Å². The second kappa shape index (κ2) is 6.65. The van der Waals surface area contributed by atoms with E-state index in [4.69, 9.17) is 0 Å². The predicted octanol–water partition coefficient (Wildman–Crippen LogP) is 1.45. The summed E-state index contributed by atoms with van der Waals surface area (Å²) in [7, 11) is 1.72. The molecule has 1 saturated carbocycles. The molecule has 0 aromatic heterocycles. The summed E-state index contributed by atoms with van der Waals surface area (Å²) in [6.45, 7) is 1.85. The Hall–Kier alpha value is -0.980. The van der Waals surface area contributed by atoms with Gasteiger partial charge in [-0.2, -0.15) is 13.2 Å². The van der Waals surface area contributed by atoms with E-state index >= 15 is 0 Å². The van der Waals surface area contributed by atoms with Crippen molar-refractivity contribution in [2.24, 2.45) is 16.8 Å². The fourth-order valence-electron chi connectivity index (χ4n) is 2.50. The van der Waals surface area contributed by atoms with Crippen molar-refractivity contribution in [2.45, 2.75) is 25.4 Å². The molecule has 20 heavy (non-hydrogen) atoms. The standard InChI is InChI=1S/C13H23F3N4/c1-17-12(18-6-10-2-3-10)19-7-11-4-5-20(8-11)9-13(14,15)16/h10-11H,2-9H2,1H3,(H2,17,18,19). The first-order valence-corrected chi connectivity index (χ1v) is 7.20. The van der Waals surface area contributed by atoms with E-state index in [9.17, 15) is 13.2 Å². The van der Waals surface area contributed by atoms with Crippen LogP contribution in [0.3, 0.4) is 0 Å². The quantitative estimate of drug-likeness (QED) is 0.595. The molecule has 0 amide bonds. The van der Waals surface area contributed by atoms with Gasteiger partial charge in [0.05, 0.1) is 6.54 Å². The van der Waals surface area contributed by atoms with E-state index in [1.54, 1.807) is 7.05 Å². The van der Waals surface area contributed by atoms with Gasteiger partial charge in [-0.1, -0.05) is 0 Å². The Bertz CT molecular complexity index is 339. The zero-order valence-corrected chi connectivity index (χ0v) is 11.8. The number of hydrogen-bond donors (Lipinski definition) is 2. The number of alkyl halides is 3. The third-order valence-corrected chi connectivity index (χ3v) is 3.81. The molecular weight excluding hydrogens is 269 g/mol. The highest BCUT2D eigenvalue weighted by Crippen LogP contribution is 2.27. The third-order valence-electron chi connectivity index (χ3n) is 3.81. The van der Waals surface area contributed by atoms with Crippen LogP contribution in [0.25, 0.3) is 0 Å². The SMILES string of the molecule is CN=C(NCC1CC1)NCC1CCN(CC(F)(F)F)C1. The fourth-order valence-corrected chi connectivity index (χ4v) is 2.50. The summed E-state index contributed by atoms with van der Waals surface area (Å²) in [6.07, 6.45) is -0.731. The van der Waals surface area contributed by atoms with E-state index in [-0.39, 0.29) is 5.92 Å². The van der Waals surface area contributed by atoms with Crippen LogP contribution in [-0.4, -0.2) is 56.8 Å². The Kier molecular flexibility index (Phi) is 5.12. The van der Waals surface area contributed by atoms with Crippen LogP contribution in [0.4, 0.5) is 13.2 Å². The molecule has 0 aromatic rings. The maximum atomic E-state index is 12.3. The fraction of sp³-hybridized carbons (Fsp3) is 0.923. The van der Waals surface area contributed by atoms with Crippen molar-refractivity contribution in [1.29, 1.82) is 0 Å². The normalized spacial score (nSPS) is 25.0. The van der Waals surface area contributed by atoms with Crippen molar-refractivity contribution in [3.63, 3.8) is 0 Å². The number of hydrogen-bond acceptors (Lipinski definition) is 2. The van der Waals surface area contributed by atoms with Crippen LogP contribution in [0.5, 0.6) is 0 Å². The van der Waals surface area contributed by atoms with E-state index in [0.29, 0.717) is 19.6 Å². The largest absolute Gasteiger partial charge is 0.401 e. The molecule has 1 saturated heterocycles. The van der Waals surface area contributed by atoms with Crippen LogP contribution in [0.1, 0.15) is 19.3 Å². The zero-order valence-electron chi connectivity index (χ0n) is 11.8. The number of guanidine groups is 1. The molecule has 116 valence electrons. The van der Waals surface area contributed by atoms with Gasteiger partial charge in [0.25, 0.3) is 0 Å². The first-order chi connectivity index (χ1) is 9.46. The highest BCUT2D eigenvalue weighted by Gasteiger charge is 2.34. The molecule has 1 atom stereocenters. The minimum absolute atomic E-state index is 0.261. The van der Waals surface area contributed by atoms with Gasteiger partial charge in [0, 0.05) is 26.7 Å². The van der Waals surface area contributed by atoms with Crippen molar-refractivity contribution in [3.8, 4) is 0 Å². The maximum Gasteiger partial charge on any atom is 0.401 e. The summed E-state index contributed by atoms with van der Waals surface area (Å²) in [5.74, 6) is 1.78. The van der Waals surface area contributed by atoms with Gasteiger partial charge in [-0.05, 0) is 37.6 Å². The summed E-state index contributed by atoms with van der Waals surface area (Å²) in [5, 5.41) is 6.46. The lowest BCUT2D eigenvalue weighted by molar-refractivity contribution is -0.143. The Balaban J connectivity index is 1.63. The average molecular weight is 292 g/mol. The first kappa shape index (κ1) is 15.4. The van der Waals surface area contributed by atoms with Crippen molar-refractivity contribution >= 4 is 5.96 Å². The molecule has 1 aliphatic heterocycles. The second-order valence-electron chi connectivity index (χ2n) is 5.78. The number of halogens is 3. The van der Waals surface area contributed by atoms with Crippen molar-refractivity contribution in [1.82, 2.24) is 15.5 Å². The van der Waals surface area contributed by atoms with E-state index < -0.39 is 12.7 Å². The van der Waals surface area contributed by atoms with Crippen molar-refractivity contribution in [3.05, 3.63) is 0 Å². The van der Waals surface area contributed by atoms with Gasteiger partial charge in [-0.25, -0.2) is 0 Å². The summed E-state index contributed by atoms with van der Waals surface area (Å²) in [5.41, 5.74) is 0. The number of aliphatic imine (C=N–C) groups is 1. The van der Waals surface area contributed by atoms with Gasteiger partial charge >= 0.3 is 6.18 Å². The maximum absolute atomic E-state index is 12.3. The lowest BCUT2D eigenvalue weighted by Crippen LogP contribution is -2.41. The van der Waals surface area contributed by atoms with E-state index in [1.165, 1.54) is 17.7 Å². The number of nitrogens with one attached hydrogen (secondary N) is 2. The van der Waals surface area contributed by atoms with Crippen LogP contribution in [0.2, 0.25) is 0 Å². The third kappa shape index (κ3) is 5.56. The topological polar surface area (TPSA) is 39.7 Å². The molecule has 1 unspecified atom stereocenters. The van der Waals surface area contributed by atoms with E-state index in [0.717, 1.165) is 24.8 Å². The van der Waals surface area contributed by atoms with Crippen molar-refractivity contribution in [2.75, 3.05) is 39.8 Å². The minimum Gasteiger partial charge on any atom is -0.356 e. The lowest BCUT2D eigenvalue weighted by Gasteiger charge is -2.18. The molecule has 0 radical (unpaired) electrons. The van der Waals surface area contributed by atoms with Crippen LogP contribution >= 0.6 is 0 Å². The van der Waals surface area contributed by atoms with Gasteiger partial charge in [0.2, 0.25) is 0 Å². The molecule has 0 bridgehead atoms. The van der Waals surface area contributed by atoms with Crippen molar-refractivity contribution < 1.29 is 13.2 Å². The zero-order chi connectivity index (χ0) is 14.6. The van der Waals surface area contributed by atoms with Gasteiger partial charge in [0.1, 0.15) is 0 Å².